The molecule has 20 heavy (non-hydrogen) atoms. The number of methoxy groups -OCH3 is 1. The van der Waals surface area contributed by atoms with Crippen LogP contribution in [0.1, 0.15) is 34.5 Å². The standard InChI is InChI=1S/C16H20BrNOS/c1-5-18-15(16-14(19-4)6-7-20-16)12-8-11(3)13(17)9-10(12)2/h6-9,15,18H,5H2,1-4H3. The third-order valence-electron chi connectivity index (χ3n) is 3.41. The monoisotopic (exact) mass is 353 g/mol. The molecule has 2 aromatic rings. The van der Waals surface area contributed by atoms with Crippen molar-refractivity contribution in [3.63, 3.8) is 0 Å². The van der Waals surface area contributed by atoms with Crippen molar-refractivity contribution in [2.24, 2.45) is 0 Å². The van der Waals surface area contributed by atoms with Crippen LogP contribution in [0.25, 0.3) is 0 Å². The van der Waals surface area contributed by atoms with Crippen LogP contribution < -0.4 is 10.1 Å². The van der Waals surface area contributed by atoms with E-state index >= 15 is 0 Å². The molecule has 1 heterocycles. The Morgan fingerprint density at radius 2 is 2.05 bits per heavy atom. The first kappa shape index (κ1) is 15.5. The molecule has 1 N–H and O–H groups in total. The van der Waals surface area contributed by atoms with Gasteiger partial charge in [0.2, 0.25) is 0 Å². The minimum absolute atomic E-state index is 0.182. The van der Waals surface area contributed by atoms with Gasteiger partial charge in [0.15, 0.2) is 0 Å². The Kier molecular flexibility index (Phi) is 5.24. The molecule has 0 saturated heterocycles. The summed E-state index contributed by atoms with van der Waals surface area (Å²) in [5, 5.41) is 5.66. The zero-order valence-electron chi connectivity index (χ0n) is 12.3. The first-order chi connectivity index (χ1) is 9.58. The quantitative estimate of drug-likeness (QED) is 0.830. The van der Waals surface area contributed by atoms with Gasteiger partial charge in [-0.25, -0.2) is 0 Å². The molecule has 1 aromatic carbocycles. The molecule has 0 fully saturated rings. The van der Waals surface area contributed by atoms with E-state index in [2.05, 4.69) is 59.5 Å². The first-order valence-corrected chi connectivity index (χ1v) is 8.37. The van der Waals surface area contributed by atoms with Crippen LogP contribution in [0.5, 0.6) is 5.75 Å². The fourth-order valence-corrected chi connectivity index (χ4v) is 3.76. The molecule has 4 heteroatoms. The van der Waals surface area contributed by atoms with E-state index in [-0.39, 0.29) is 6.04 Å². The summed E-state index contributed by atoms with van der Waals surface area (Å²) >= 11 is 5.34. The number of benzene rings is 1. The van der Waals surface area contributed by atoms with Crippen LogP contribution in [0.4, 0.5) is 0 Å². The Hall–Kier alpha value is -0.840. The average Bonchev–Trinajstić information content (AvgIpc) is 2.88. The van der Waals surface area contributed by atoms with E-state index < -0.39 is 0 Å². The molecule has 0 saturated carbocycles. The van der Waals surface area contributed by atoms with Crippen molar-refractivity contribution in [3.8, 4) is 5.75 Å². The van der Waals surface area contributed by atoms with E-state index in [9.17, 15) is 0 Å². The highest BCUT2D eigenvalue weighted by Gasteiger charge is 2.21. The second-order valence-electron chi connectivity index (χ2n) is 4.80. The number of hydrogen-bond acceptors (Lipinski definition) is 3. The third-order valence-corrected chi connectivity index (χ3v) is 5.22. The van der Waals surface area contributed by atoms with Crippen LogP contribution in [-0.2, 0) is 0 Å². The summed E-state index contributed by atoms with van der Waals surface area (Å²) < 4.78 is 6.65. The SMILES string of the molecule is CCNC(c1cc(C)c(Br)cc1C)c1sccc1OC. The van der Waals surface area contributed by atoms with Gasteiger partial charge in [0.05, 0.1) is 18.0 Å². The number of thiophene rings is 1. The fraction of sp³-hybridized carbons (Fsp3) is 0.375. The number of halogens is 1. The van der Waals surface area contributed by atoms with Crippen molar-refractivity contribution >= 4 is 27.3 Å². The average molecular weight is 354 g/mol. The molecule has 1 unspecified atom stereocenters. The molecule has 0 aliphatic rings. The van der Waals surface area contributed by atoms with Crippen LogP contribution >= 0.6 is 27.3 Å². The number of ether oxygens (including phenoxy) is 1. The number of aryl methyl sites for hydroxylation is 2. The van der Waals surface area contributed by atoms with Gasteiger partial charge in [-0.05, 0) is 54.6 Å². The second-order valence-corrected chi connectivity index (χ2v) is 6.60. The maximum absolute atomic E-state index is 5.49. The number of nitrogens with one attached hydrogen (secondary N) is 1. The summed E-state index contributed by atoms with van der Waals surface area (Å²) in [5.41, 5.74) is 3.85. The van der Waals surface area contributed by atoms with E-state index in [4.69, 9.17) is 4.74 Å². The van der Waals surface area contributed by atoms with Crippen LogP contribution in [0.3, 0.4) is 0 Å². The van der Waals surface area contributed by atoms with Gasteiger partial charge in [-0.2, -0.15) is 0 Å². The summed E-state index contributed by atoms with van der Waals surface area (Å²) in [5.74, 6) is 0.959. The first-order valence-electron chi connectivity index (χ1n) is 6.69. The Labute approximate surface area is 133 Å². The van der Waals surface area contributed by atoms with Crippen molar-refractivity contribution in [1.29, 1.82) is 0 Å². The molecular weight excluding hydrogens is 334 g/mol. The number of rotatable bonds is 5. The summed E-state index contributed by atoms with van der Waals surface area (Å²) in [4.78, 5) is 1.24. The highest BCUT2D eigenvalue weighted by atomic mass is 79.9. The van der Waals surface area contributed by atoms with E-state index in [1.807, 2.05) is 6.07 Å². The number of hydrogen-bond donors (Lipinski definition) is 1. The van der Waals surface area contributed by atoms with E-state index in [1.165, 1.54) is 21.6 Å². The molecule has 0 radical (unpaired) electrons. The topological polar surface area (TPSA) is 21.3 Å². The van der Waals surface area contributed by atoms with Crippen molar-refractivity contribution in [1.82, 2.24) is 5.32 Å². The summed E-state index contributed by atoms with van der Waals surface area (Å²) in [6.45, 7) is 7.33. The largest absolute Gasteiger partial charge is 0.496 e. The molecular formula is C16H20BrNOS. The van der Waals surface area contributed by atoms with Gasteiger partial charge in [-0.1, -0.05) is 28.9 Å². The Morgan fingerprint density at radius 1 is 1.30 bits per heavy atom. The predicted octanol–water partition coefficient (Wildman–Crippen LogP) is 4.83. The molecule has 0 amide bonds. The maximum Gasteiger partial charge on any atom is 0.134 e. The zero-order chi connectivity index (χ0) is 14.7. The van der Waals surface area contributed by atoms with Crippen molar-refractivity contribution in [2.45, 2.75) is 26.8 Å². The van der Waals surface area contributed by atoms with Crippen LogP contribution in [-0.4, -0.2) is 13.7 Å². The van der Waals surface area contributed by atoms with Crippen molar-refractivity contribution in [2.75, 3.05) is 13.7 Å². The van der Waals surface area contributed by atoms with E-state index in [1.54, 1.807) is 18.4 Å². The highest BCUT2D eigenvalue weighted by Crippen LogP contribution is 2.37. The summed E-state index contributed by atoms with van der Waals surface area (Å²) in [6, 6.07) is 6.66. The predicted molar refractivity (Wildman–Crippen MR) is 90.0 cm³/mol. The summed E-state index contributed by atoms with van der Waals surface area (Å²) in [6.07, 6.45) is 0. The highest BCUT2D eigenvalue weighted by molar-refractivity contribution is 9.10. The molecule has 0 aliphatic heterocycles. The normalized spacial score (nSPS) is 12.4. The molecule has 0 spiro atoms. The van der Waals surface area contributed by atoms with Gasteiger partial charge in [0, 0.05) is 4.47 Å². The van der Waals surface area contributed by atoms with Gasteiger partial charge < -0.3 is 10.1 Å². The molecule has 108 valence electrons. The molecule has 2 nitrogen and oxygen atoms in total. The van der Waals surface area contributed by atoms with Gasteiger partial charge in [-0.3, -0.25) is 0 Å². The van der Waals surface area contributed by atoms with Gasteiger partial charge in [-0.15, -0.1) is 11.3 Å². The molecule has 1 aromatic heterocycles. The van der Waals surface area contributed by atoms with Crippen LogP contribution in [0, 0.1) is 13.8 Å². The molecule has 1 atom stereocenters. The smallest absolute Gasteiger partial charge is 0.134 e. The van der Waals surface area contributed by atoms with Crippen molar-refractivity contribution < 1.29 is 4.74 Å². The lowest BCUT2D eigenvalue weighted by Gasteiger charge is -2.21. The minimum atomic E-state index is 0.182. The lowest BCUT2D eigenvalue weighted by molar-refractivity contribution is 0.407. The Morgan fingerprint density at radius 3 is 2.70 bits per heavy atom. The van der Waals surface area contributed by atoms with Gasteiger partial charge in [0.25, 0.3) is 0 Å². The third kappa shape index (κ3) is 3.08. The Bertz CT molecular complexity index is 594. The van der Waals surface area contributed by atoms with Gasteiger partial charge in [0.1, 0.15) is 5.75 Å². The van der Waals surface area contributed by atoms with Crippen molar-refractivity contribution in [3.05, 3.63) is 49.6 Å². The second kappa shape index (κ2) is 6.74. The molecule has 0 aliphatic carbocycles. The molecule has 2 rings (SSSR count). The maximum atomic E-state index is 5.49. The lowest BCUT2D eigenvalue weighted by atomic mass is 9.97. The molecule has 0 bridgehead atoms. The van der Waals surface area contributed by atoms with Crippen LogP contribution in [0.2, 0.25) is 0 Å². The lowest BCUT2D eigenvalue weighted by Crippen LogP contribution is -2.22. The van der Waals surface area contributed by atoms with Gasteiger partial charge >= 0.3 is 0 Å². The van der Waals surface area contributed by atoms with Crippen LogP contribution in [0.15, 0.2) is 28.1 Å². The van der Waals surface area contributed by atoms with E-state index in [0.717, 1.165) is 16.8 Å². The minimum Gasteiger partial charge on any atom is -0.496 e. The van der Waals surface area contributed by atoms with E-state index in [0.29, 0.717) is 0 Å². The fourth-order valence-electron chi connectivity index (χ4n) is 2.35. The Balaban J connectivity index is 2.51. The summed E-state index contributed by atoms with van der Waals surface area (Å²) in [7, 11) is 1.73. The zero-order valence-corrected chi connectivity index (χ0v) is 14.7.